The molecule has 5 nitrogen and oxygen atoms in total. The fourth-order valence-corrected chi connectivity index (χ4v) is 1.38. The summed E-state index contributed by atoms with van der Waals surface area (Å²) in [5.41, 5.74) is 1.37. The fraction of sp³-hybridized carbons (Fsp3) is 0.500. The number of aryl methyl sites for hydroxylation is 1. The van der Waals surface area contributed by atoms with E-state index in [1.807, 2.05) is 6.92 Å². The van der Waals surface area contributed by atoms with E-state index >= 15 is 0 Å². The number of halogens is 1. The van der Waals surface area contributed by atoms with Crippen LogP contribution in [-0.2, 0) is 11.8 Å². The quantitative estimate of drug-likeness (QED) is 0.620. The van der Waals surface area contributed by atoms with Gasteiger partial charge in [-0.2, -0.15) is 5.10 Å². The number of carbonyl (C=O) groups is 2. The zero-order valence-corrected chi connectivity index (χ0v) is 10.0. The van der Waals surface area contributed by atoms with Crippen LogP contribution in [0.15, 0.2) is 6.20 Å². The Hall–Kier alpha value is -1.36. The molecular formula is C10H14ClN3O2. The Morgan fingerprint density at radius 1 is 1.56 bits per heavy atom. The third kappa shape index (κ3) is 3.34. The van der Waals surface area contributed by atoms with Crippen molar-refractivity contribution in [1.82, 2.24) is 15.1 Å². The number of nitrogens with one attached hydrogen (secondary N) is 1. The molecule has 1 N–H and O–H groups in total. The summed E-state index contributed by atoms with van der Waals surface area (Å²) in [4.78, 5) is 22.1. The second-order valence-corrected chi connectivity index (χ2v) is 3.90. The SMILES string of the molecule is Cc1c(C(=O)NCCCC(=O)Cl)cnn1C. The number of hydrogen-bond acceptors (Lipinski definition) is 3. The average molecular weight is 244 g/mol. The van der Waals surface area contributed by atoms with E-state index in [1.165, 1.54) is 6.20 Å². The number of aromatic nitrogens is 2. The van der Waals surface area contributed by atoms with Crippen molar-refractivity contribution in [2.45, 2.75) is 19.8 Å². The molecule has 1 amide bonds. The Morgan fingerprint density at radius 2 is 2.25 bits per heavy atom. The van der Waals surface area contributed by atoms with Gasteiger partial charge in [0.05, 0.1) is 11.8 Å². The Bertz CT molecular complexity index is 401. The molecule has 0 fully saturated rings. The zero-order chi connectivity index (χ0) is 12.1. The van der Waals surface area contributed by atoms with Crippen LogP contribution in [0, 0.1) is 6.92 Å². The molecule has 1 heterocycles. The lowest BCUT2D eigenvalue weighted by Gasteiger charge is -2.03. The molecule has 0 aliphatic carbocycles. The van der Waals surface area contributed by atoms with Gasteiger partial charge in [0.2, 0.25) is 5.24 Å². The molecule has 0 bridgehead atoms. The lowest BCUT2D eigenvalue weighted by molar-refractivity contribution is -0.111. The number of amides is 1. The Morgan fingerprint density at radius 3 is 2.75 bits per heavy atom. The molecule has 0 aromatic carbocycles. The maximum atomic E-state index is 11.6. The molecule has 6 heteroatoms. The average Bonchev–Trinajstić information content (AvgIpc) is 2.54. The van der Waals surface area contributed by atoms with Crippen molar-refractivity contribution in [2.75, 3.05) is 6.54 Å². The highest BCUT2D eigenvalue weighted by molar-refractivity contribution is 6.63. The van der Waals surface area contributed by atoms with Gasteiger partial charge in [0.25, 0.3) is 5.91 Å². The first-order valence-electron chi connectivity index (χ1n) is 4.97. The first-order chi connectivity index (χ1) is 7.52. The minimum Gasteiger partial charge on any atom is -0.352 e. The zero-order valence-electron chi connectivity index (χ0n) is 9.29. The molecule has 0 radical (unpaired) electrons. The molecule has 1 rings (SSSR count). The van der Waals surface area contributed by atoms with Crippen LogP contribution >= 0.6 is 11.6 Å². The Kier molecular flexibility index (Phi) is 4.49. The largest absolute Gasteiger partial charge is 0.352 e. The summed E-state index contributed by atoms with van der Waals surface area (Å²) in [7, 11) is 1.78. The predicted molar refractivity (Wildman–Crippen MR) is 60.4 cm³/mol. The summed E-state index contributed by atoms with van der Waals surface area (Å²) in [5.74, 6) is -0.173. The highest BCUT2D eigenvalue weighted by atomic mass is 35.5. The lowest BCUT2D eigenvalue weighted by Crippen LogP contribution is -2.25. The van der Waals surface area contributed by atoms with Crippen molar-refractivity contribution in [1.29, 1.82) is 0 Å². The highest BCUT2D eigenvalue weighted by Crippen LogP contribution is 2.05. The maximum Gasteiger partial charge on any atom is 0.254 e. The lowest BCUT2D eigenvalue weighted by atomic mass is 10.2. The van der Waals surface area contributed by atoms with Gasteiger partial charge in [-0.25, -0.2) is 0 Å². The van der Waals surface area contributed by atoms with E-state index in [-0.39, 0.29) is 17.6 Å². The van der Waals surface area contributed by atoms with E-state index < -0.39 is 0 Å². The van der Waals surface area contributed by atoms with Crippen LogP contribution in [0.2, 0.25) is 0 Å². The first kappa shape index (κ1) is 12.7. The second kappa shape index (κ2) is 5.65. The third-order valence-electron chi connectivity index (χ3n) is 2.32. The molecule has 0 aliphatic rings. The van der Waals surface area contributed by atoms with Gasteiger partial charge in [-0.1, -0.05) is 0 Å². The molecule has 0 atom stereocenters. The Labute approximate surface area is 98.8 Å². The smallest absolute Gasteiger partial charge is 0.254 e. The van der Waals surface area contributed by atoms with Crippen molar-refractivity contribution >= 4 is 22.8 Å². The predicted octanol–water partition coefficient (Wildman–Crippen LogP) is 1.00. The van der Waals surface area contributed by atoms with Crippen LogP contribution in [0.25, 0.3) is 0 Å². The Balaban J connectivity index is 2.41. The topological polar surface area (TPSA) is 64.0 Å². The molecule has 88 valence electrons. The van der Waals surface area contributed by atoms with E-state index in [1.54, 1.807) is 11.7 Å². The van der Waals surface area contributed by atoms with Crippen molar-refractivity contribution < 1.29 is 9.59 Å². The minimum atomic E-state index is -0.383. The van der Waals surface area contributed by atoms with Crippen LogP contribution in [0.4, 0.5) is 0 Å². The van der Waals surface area contributed by atoms with Gasteiger partial charge in [0, 0.05) is 25.7 Å². The molecule has 0 saturated carbocycles. The third-order valence-corrected chi connectivity index (χ3v) is 2.50. The van der Waals surface area contributed by atoms with Crippen LogP contribution in [0.5, 0.6) is 0 Å². The molecule has 16 heavy (non-hydrogen) atoms. The number of hydrogen-bond donors (Lipinski definition) is 1. The van der Waals surface area contributed by atoms with E-state index in [0.717, 1.165) is 5.69 Å². The monoisotopic (exact) mass is 243 g/mol. The molecule has 1 aromatic heterocycles. The minimum absolute atomic E-state index is 0.173. The van der Waals surface area contributed by atoms with Gasteiger partial charge < -0.3 is 5.32 Å². The summed E-state index contributed by atoms with van der Waals surface area (Å²) < 4.78 is 1.64. The summed E-state index contributed by atoms with van der Waals surface area (Å²) >= 11 is 5.17. The van der Waals surface area contributed by atoms with E-state index in [9.17, 15) is 9.59 Å². The summed E-state index contributed by atoms with van der Waals surface area (Å²) in [5, 5.41) is 6.30. The van der Waals surface area contributed by atoms with Gasteiger partial charge in [0.15, 0.2) is 0 Å². The van der Waals surface area contributed by atoms with Crippen molar-refractivity contribution in [3.05, 3.63) is 17.5 Å². The van der Waals surface area contributed by atoms with Crippen molar-refractivity contribution in [2.24, 2.45) is 7.05 Å². The molecule has 0 aliphatic heterocycles. The van der Waals surface area contributed by atoms with Crippen LogP contribution < -0.4 is 5.32 Å². The maximum absolute atomic E-state index is 11.6. The van der Waals surface area contributed by atoms with Crippen LogP contribution in [0.3, 0.4) is 0 Å². The van der Waals surface area contributed by atoms with Crippen LogP contribution in [0.1, 0.15) is 28.9 Å². The normalized spacial score (nSPS) is 10.2. The molecule has 0 unspecified atom stereocenters. The first-order valence-corrected chi connectivity index (χ1v) is 5.35. The molecular weight excluding hydrogens is 230 g/mol. The van der Waals surface area contributed by atoms with Gasteiger partial charge in [0.1, 0.15) is 0 Å². The van der Waals surface area contributed by atoms with E-state index in [0.29, 0.717) is 18.5 Å². The van der Waals surface area contributed by atoms with Gasteiger partial charge >= 0.3 is 0 Å². The van der Waals surface area contributed by atoms with Crippen LogP contribution in [-0.4, -0.2) is 27.5 Å². The number of carbonyl (C=O) groups excluding carboxylic acids is 2. The fourth-order valence-electron chi connectivity index (χ4n) is 1.25. The van der Waals surface area contributed by atoms with Crippen molar-refractivity contribution in [3.63, 3.8) is 0 Å². The molecule has 1 aromatic rings. The van der Waals surface area contributed by atoms with Gasteiger partial charge in [-0.05, 0) is 24.9 Å². The molecule has 0 saturated heterocycles. The summed E-state index contributed by atoms with van der Waals surface area (Å²) in [6.45, 7) is 2.26. The van der Waals surface area contributed by atoms with E-state index in [2.05, 4.69) is 10.4 Å². The number of rotatable bonds is 5. The molecule has 0 spiro atoms. The van der Waals surface area contributed by atoms with Crippen molar-refractivity contribution in [3.8, 4) is 0 Å². The second-order valence-electron chi connectivity index (χ2n) is 3.48. The standard InChI is InChI=1S/C10H14ClN3O2/c1-7-8(6-13-14(7)2)10(16)12-5-3-4-9(11)15/h6H,3-5H2,1-2H3,(H,12,16). The van der Waals surface area contributed by atoms with Gasteiger partial charge in [-0.3, -0.25) is 14.3 Å². The summed E-state index contributed by atoms with van der Waals surface area (Å²) in [6, 6.07) is 0. The highest BCUT2D eigenvalue weighted by Gasteiger charge is 2.11. The van der Waals surface area contributed by atoms with Gasteiger partial charge in [-0.15, -0.1) is 0 Å². The number of nitrogens with zero attached hydrogens (tertiary/aromatic N) is 2. The summed E-state index contributed by atoms with van der Waals surface area (Å²) in [6.07, 6.45) is 2.35. The van der Waals surface area contributed by atoms with E-state index in [4.69, 9.17) is 11.6 Å².